The van der Waals surface area contributed by atoms with Gasteiger partial charge in [-0.3, -0.25) is 4.99 Å². The van der Waals surface area contributed by atoms with E-state index >= 15 is 0 Å². The van der Waals surface area contributed by atoms with Crippen LogP contribution in [0.25, 0.3) is 0 Å². The first-order valence-corrected chi connectivity index (χ1v) is 5.90. The molecule has 0 aromatic heterocycles. The number of nitrogens with two attached hydrogens (primary N) is 1. The van der Waals surface area contributed by atoms with Gasteiger partial charge < -0.3 is 15.8 Å². The van der Waals surface area contributed by atoms with E-state index in [1.807, 2.05) is 0 Å². The molecule has 4 heteroatoms. The summed E-state index contributed by atoms with van der Waals surface area (Å²) < 4.78 is 5.55. The Kier molecular flexibility index (Phi) is 3.84. The van der Waals surface area contributed by atoms with E-state index in [9.17, 15) is 0 Å². The second kappa shape index (κ2) is 4.62. The van der Waals surface area contributed by atoms with E-state index in [1.165, 1.54) is 12.8 Å². The van der Waals surface area contributed by atoms with Gasteiger partial charge in [0.2, 0.25) is 0 Å². The summed E-state index contributed by atoms with van der Waals surface area (Å²) >= 11 is 0. The maximum absolute atomic E-state index is 5.83. The summed E-state index contributed by atoms with van der Waals surface area (Å²) in [5.74, 6) is 1.14. The van der Waals surface area contributed by atoms with Gasteiger partial charge in [-0.2, -0.15) is 0 Å². The molecule has 1 aliphatic carbocycles. The Hall–Kier alpha value is -0.770. The Morgan fingerprint density at radius 2 is 1.94 bits per heavy atom. The highest BCUT2D eigenvalue weighted by Gasteiger charge is 2.41. The van der Waals surface area contributed by atoms with Crippen molar-refractivity contribution >= 4 is 5.96 Å². The molecule has 1 fully saturated rings. The summed E-state index contributed by atoms with van der Waals surface area (Å²) in [4.78, 5) is 4.37. The maximum atomic E-state index is 5.83. The summed E-state index contributed by atoms with van der Waals surface area (Å²) in [5.41, 5.74) is 5.63. The lowest BCUT2D eigenvalue weighted by molar-refractivity contribution is -0.00476. The largest absolute Gasteiger partial charge is 0.376 e. The number of hydrogen-bond donors (Lipinski definition) is 2. The lowest BCUT2D eigenvalue weighted by Crippen LogP contribution is -2.46. The SMILES string of the molecule is COC(C)(CN=C(N)NC(C)(C)C)C1CC1. The van der Waals surface area contributed by atoms with Crippen molar-refractivity contribution < 1.29 is 4.74 Å². The minimum absolute atomic E-state index is 0.0450. The van der Waals surface area contributed by atoms with E-state index in [0.29, 0.717) is 18.4 Å². The highest BCUT2D eigenvalue weighted by atomic mass is 16.5. The first-order chi connectivity index (χ1) is 7.27. The third kappa shape index (κ3) is 4.00. The number of nitrogens with zero attached hydrogens (tertiary/aromatic N) is 1. The van der Waals surface area contributed by atoms with Crippen molar-refractivity contribution in [2.24, 2.45) is 16.6 Å². The monoisotopic (exact) mass is 227 g/mol. The average molecular weight is 227 g/mol. The molecule has 1 atom stereocenters. The fourth-order valence-electron chi connectivity index (χ4n) is 1.72. The second-order valence-electron chi connectivity index (χ2n) is 5.87. The van der Waals surface area contributed by atoms with E-state index in [0.717, 1.165) is 0 Å². The zero-order chi connectivity index (χ0) is 12.4. The Morgan fingerprint density at radius 1 is 1.38 bits per heavy atom. The normalized spacial score (nSPS) is 21.7. The zero-order valence-electron chi connectivity index (χ0n) is 11.1. The highest BCUT2D eigenvalue weighted by Crippen LogP contribution is 2.41. The lowest BCUT2D eigenvalue weighted by Gasteiger charge is -2.27. The summed E-state index contributed by atoms with van der Waals surface area (Å²) in [6, 6.07) is 0. The first-order valence-electron chi connectivity index (χ1n) is 5.90. The summed E-state index contributed by atoms with van der Waals surface area (Å²) in [7, 11) is 1.75. The van der Waals surface area contributed by atoms with E-state index in [4.69, 9.17) is 10.5 Å². The molecule has 0 bridgehead atoms. The van der Waals surface area contributed by atoms with Crippen molar-refractivity contribution in [3.8, 4) is 0 Å². The molecule has 0 radical (unpaired) electrons. The Bertz CT molecular complexity index is 266. The van der Waals surface area contributed by atoms with E-state index in [-0.39, 0.29) is 11.1 Å². The van der Waals surface area contributed by atoms with Gasteiger partial charge in [-0.15, -0.1) is 0 Å². The molecule has 0 spiro atoms. The van der Waals surface area contributed by atoms with Gasteiger partial charge in [-0.1, -0.05) is 0 Å². The molecule has 0 aromatic rings. The van der Waals surface area contributed by atoms with Gasteiger partial charge in [0.05, 0.1) is 12.1 Å². The Morgan fingerprint density at radius 3 is 2.31 bits per heavy atom. The van der Waals surface area contributed by atoms with Crippen LogP contribution in [0.4, 0.5) is 0 Å². The molecule has 0 amide bonds. The van der Waals surface area contributed by atoms with Gasteiger partial charge in [-0.05, 0) is 46.5 Å². The van der Waals surface area contributed by atoms with Crippen LogP contribution in [0.2, 0.25) is 0 Å². The summed E-state index contributed by atoms with van der Waals surface area (Å²) in [5, 5.41) is 3.15. The molecule has 0 aromatic carbocycles. The zero-order valence-corrected chi connectivity index (χ0v) is 11.1. The van der Waals surface area contributed by atoms with Gasteiger partial charge in [0.1, 0.15) is 0 Å². The van der Waals surface area contributed by atoms with Crippen molar-refractivity contribution in [1.29, 1.82) is 0 Å². The molecule has 0 saturated heterocycles. The van der Waals surface area contributed by atoms with Crippen LogP contribution in [0.15, 0.2) is 4.99 Å². The van der Waals surface area contributed by atoms with Crippen LogP contribution in [0.5, 0.6) is 0 Å². The molecule has 16 heavy (non-hydrogen) atoms. The predicted octanol–water partition coefficient (Wildman–Crippen LogP) is 1.50. The number of nitrogens with one attached hydrogen (secondary N) is 1. The fraction of sp³-hybridized carbons (Fsp3) is 0.917. The molecule has 0 heterocycles. The van der Waals surface area contributed by atoms with Gasteiger partial charge in [-0.25, -0.2) is 0 Å². The van der Waals surface area contributed by atoms with Crippen molar-refractivity contribution in [1.82, 2.24) is 5.32 Å². The molecule has 94 valence electrons. The van der Waals surface area contributed by atoms with Crippen LogP contribution in [0.1, 0.15) is 40.5 Å². The highest BCUT2D eigenvalue weighted by molar-refractivity contribution is 5.78. The van der Waals surface area contributed by atoms with Gasteiger partial charge in [0, 0.05) is 12.6 Å². The number of methoxy groups -OCH3 is 1. The third-order valence-electron chi connectivity index (χ3n) is 2.97. The molecule has 1 unspecified atom stereocenters. The number of guanidine groups is 1. The quantitative estimate of drug-likeness (QED) is 0.565. The molecule has 3 N–H and O–H groups in total. The minimum Gasteiger partial charge on any atom is -0.376 e. The van der Waals surface area contributed by atoms with Crippen LogP contribution in [-0.2, 0) is 4.74 Å². The van der Waals surface area contributed by atoms with Gasteiger partial charge in [0.25, 0.3) is 0 Å². The smallest absolute Gasteiger partial charge is 0.189 e. The van der Waals surface area contributed by atoms with Crippen LogP contribution < -0.4 is 11.1 Å². The van der Waals surface area contributed by atoms with Crippen LogP contribution in [0.3, 0.4) is 0 Å². The molecule has 1 rings (SSSR count). The van der Waals surface area contributed by atoms with Gasteiger partial charge in [0.15, 0.2) is 5.96 Å². The molecule has 4 nitrogen and oxygen atoms in total. The number of rotatable bonds is 4. The molecular weight excluding hydrogens is 202 g/mol. The maximum Gasteiger partial charge on any atom is 0.189 e. The number of hydrogen-bond acceptors (Lipinski definition) is 2. The first kappa shape index (κ1) is 13.3. The topological polar surface area (TPSA) is 59.6 Å². The van der Waals surface area contributed by atoms with Crippen molar-refractivity contribution in [3.05, 3.63) is 0 Å². The molecule has 1 aliphatic rings. The summed E-state index contributed by atoms with van der Waals surface area (Å²) in [6.07, 6.45) is 2.49. The third-order valence-corrected chi connectivity index (χ3v) is 2.97. The lowest BCUT2D eigenvalue weighted by atomic mass is 10.0. The van der Waals surface area contributed by atoms with Crippen molar-refractivity contribution in [2.75, 3.05) is 13.7 Å². The standard InChI is InChI=1S/C12H25N3O/c1-11(2,3)15-10(13)14-8-12(4,16-5)9-6-7-9/h9H,6-8H2,1-5H3,(H3,13,14,15). The van der Waals surface area contributed by atoms with Crippen LogP contribution >= 0.6 is 0 Å². The van der Waals surface area contributed by atoms with Crippen molar-refractivity contribution in [2.45, 2.75) is 51.7 Å². The van der Waals surface area contributed by atoms with E-state index < -0.39 is 0 Å². The Labute approximate surface area is 98.6 Å². The average Bonchev–Trinajstić information content (AvgIpc) is 2.94. The molecular formula is C12H25N3O. The van der Waals surface area contributed by atoms with Crippen LogP contribution in [-0.4, -0.2) is 30.8 Å². The minimum atomic E-state index is -0.149. The van der Waals surface area contributed by atoms with E-state index in [2.05, 4.69) is 38.0 Å². The molecule has 0 aliphatic heterocycles. The number of ether oxygens (including phenoxy) is 1. The van der Waals surface area contributed by atoms with E-state index in [1.54, 1.807) is 7.11 Å². The summed E-state index contributed by atoms with van der Waals surface area (Å²) in [6.45, 7) is 8.92. The fourth-order valence-corrected chi connectivity index (χ4v) is 1.72. The van der Waals surface area contributed by atoms with Gasteiger partial charge >= 0.3 is 0 Å². The second-order valence-corrected chi connectivity index (χ2v) is 5.87. The van der Waals surface area contributed by atoms with Crippen molar-refractivity contribution in [3.63, 3.8) is 0 Å². The predicted molar refractivity (Wildman–Crippen MR) is 67.5 cm³/mol. The van der Waals surface area contributed by atoms with Crippen LogP contribution in [0, 0.1) is 5.92 Å². The Balaban J connectivity index is 2.50. The molecule has 1 saturated carbocycles. The number of aliphatic imine (C=N–C) groups is 1.